The van der Waals surface area contributed by atoms with Crippen LogP contribution in [-0.2, 0) is 11.2 Å². The van der Waals surface area contributed by atoms with E-state index in [1.165, 1.54) is 45.2 Å². The first kappa shape index (κ1) is 20.2. The van der Waals surface area contributed by atoms with Crippen molar-refractivity contribution in [2.75, 3.05) is 33.3 Å². The van der Waals surface area contributed by atoms with Gasteiger partial charge in [0.25, 0.3) is 0 Å². The molecule has 0 saturated carbocycles. The number of nitrogens with one attached hydrogen (secondary N) is 1. The molecule has 3 aromatic rings. The fourth-order valence-corrected chi connectivity index (χ4v) is 5.24. The molecule has 0 unspecified atom stereocenters. The van der Waals surface area contributed by atoms with E-state index in [9.17, 15) is 9.18 Å². The van der Waals surface area contributed by atoms with Gasteiger partial charge < -0.3 is 19.5 Å². The van der Waals surface area contributed by atoms with E-state index in [1.807, 2.05) is 22.8 Å². The molecule has 31 heavy (non-hydrogen) atoms. The Labute approximate surface area is 181 Å². The van der Waals surface area contributed by atoms with Gasteiger partial charge in [-0.05, 0) is 86.8 Å². The van der Waals surface area contributed by atoms with E-state index in [1.54, 1.807) is 12.1 Å². The van der Waals surface area contributed by atoms with Gasteiger partial charge >= 0.3 is 5.97 Å². The number of halogens is 1. The van der Waals surface area contributed by atoms with Gasteiger partial charge in [0.1, 0.15) is 5.82 Å². The van der Waals surface area contributed by atoms with Crippen LogP contribution in [0.1, 0.15) is 28.8 Å². The zero-order chi connectivity index (χ0) is 21.4. The van der Waals surface area contributed by atoms with Gasteiger partial charge in [0, 0.05) is 29.9 Å². The Balaban J connectivity index is 1.46. The van der Waals surface area contributed by atoms with Crippen molar-refractivity contribution in [2.24, 2.45) is 5.92 Å². The van der Waals surface area contributed by atoms with Gasteiger partial charge in [-0.1, -0.05) is 6.07 Å². The molecule has 162 valence electrons. The van der Waals surface area contributed by atoms with Crippen LogP contribution >= 0.6 is 0 Å². The minimum atomic E-state index is -0.339. The molecule has 3 saturated heterocycles. The monoisotopic (exact) mass is 421 g/mol. The number of nitrogens with zero attached hydrogens (tertiary/aromatic N) is 2. The van der Waals surface area contributed by atoms with Crippen molar-refractivity contribution >= 4 is 16.9 Å². The lowest BCUT2D eigenvalue weighted by Crippen LogP contribution is -2.56. The van der Waals surface area contributed by atoms with Gasteiger partial charge in [-0.15, -0.1) is 0 Å². The highest BCUT2D eigenvalue weighted by Crippen LogP contribution is 2.30. The minimum Gasteiger partial charge on any atom is -0.465 e. The molecule has 6 heteroatoms. The second-order valence-electron chi connectivity index (χ2n) is 8.64. The largest absolute Gasteiger partial charge is 0.465 e. The molecule has 2 bridgehead atoms. The summed E-state index contributed by atoms with van der Waals surface area (Å²) < 4.78 is 20.5. The zero-order valence-electron chi connectivity index (χ0n) is 17.8. The van der Waals surface area contributed by atoms with Gasteiger partial charge in [-0.3, -0.25) is 0 Å². The zero-order valence-corrected chi connectivity index (χ0v) is 17.8. The first-order valence-electron chi connectivity index (χ1n) is 11.1. The van der Waals surface area contributed by atoms with E-state index in [2.05, 4.69) is 16.4 Å². The Morgan fingerprint density at radius 2 is 1.94 bits per heavy atom. The number of carbonyl (C=O) groups excluding carboxylic acids is 1. The molecule has 2 aromatic carbocycles. The molecule has 0 amide bonds. The average molecular weight is 422 g/mol. The highest BCUT2D eigenvalue weighted by Gasteiger charge is 2.33. The van der Waals surface area contributed by atoms with Crippen LogP contribution < -0.4 is 5.32 Å². The maximum Gasteiger partial charge on any atom is 0.338 e. The summed E-state index contributed by atoms with van der Waals surface area (Å²) in [5, 5.41) is 4.68. The minimum absolute atomic E-state index is 0.266. The molecule has 1 atom stereocenters. The number of hydrogen-bond donors (Lipinski definition) is 1. The Kier molecular flexibility index (Phi) is 5.50. The number of hydrogen-bond acceptors (Lipinski definition) is 4. The van der Waals surface area contributed by atoms with Gasteiger partial charge in [0.05, 0.1) is 18.2 Å². The van der Waals surface area contributed by atoms with Crippen LogP contribution in [0.25, 0.3) is 16.6 Å². The molecular weight excluding hydrogens is 393 g/mol. The van der Waals surface area contributed by atoms with Crippen LogP contribution in [-0.4, -0.2) is 54.8 Å². The Hall–Kier alpha value is -2.70. The van der Waals surface area contributed by atoms with Gasteiger partial charge in [-0.25, -0.2) is 9.18 Å². The summed E-state index contributed by atoms with van der Waals surface area (Å²) in [6.45, 7) is 4.45. The van der Waals surface area contributed by atoms with Crippen molar-refractivity contribution in [3.8, 4) is 5.69 Å². The topological polar surface area (TPSA) is 46.5 Å². The summed E-state index contributed by atoms with van der Waals surface area (Å²) in [4.78, 5) is 15.0. The van der Waals surface area contributed by atoms with Gasteiger partial charge in [0.2, 0.25) is 0 Å². The van der Waals surface area contributed by atoms with Crippen molar-refractivity contribution < 1.29 is 13.9 Å². The van der Waals surface area contributed by atoms with E-state index < -0.39 is 0 Å². The number of benzene rings is 2. The van der Waals surface area contributed by atoms with Gasteiger partial charge in [-0.2, -0.15) is 0 Å². The summed E-state index contributed by atoms with van der Waals surface area (Å²) in [5.41, 5.74) is 3.45. The second-order valence-corrected chi connectivity index (χ2v) is 8.64. The van der Waals surface area contributed by atoms with Crippen molar-refractivity contribution in [3.05, 3.63) is 65.6 Å². The van der Waals surface area contributed by atoms with E-state index in [0.29, 0.717) is 11.6 Å². The standard InChI is InChI=1S/C25H28FN3O2/c1-31-25(30)21-3-2-4-23-24(21)18(15-29(23)20-7-5-19(26)6-8-20)9-12-27-22-16-28-13-10-17(22)11-14-28/h2-8,15,17,22,27H,9-14,16H2,1H3/t22-/m0/s1. The third kappa shape index (κ3) is 3.86. The maximum atomic E-state index is 13.5. The number of rotatable bonds is 6. The molecule has 3 fully saturated rings. The van der Waals surface area contributed by atoms with Crippen molar-refractivity contribution in [2.45, 2.75) is 25.3 Å². The fourth-order valence-electron chi connectivity index (χ4n) is 5.24. The first-order chi connectivity index (χ1) is 15.1. The van der Waals surface area contributed by atoms with Crippen LogP contribution in [0.3, 0.4) is 0 Å². The van der Waals surface area contributed by atoms with E-state index >= 15 is 0 Å². The molecule has 3 aliphatic rings. The lowest BCUT2D eigenvalue weighted by molar-refractivity contribution is 0.0603. The smallest absolute Gasteiger partial charge is 0.338 e. The molecule has 0 spiro atoms. The summed E-state index contributed by atoms with van der Waals surface area (Å²) >= 11 is 0. The molecule has 0 aliphatic carbocycles. The van der Waals surface area contributed by atoms with Crippen molar-refractivity contribution in [1.29, 1.82) is 0 Å². The number of methoxy groups -OCH3 is 1. The van der Waals surface area contributed by atoms with Crippen molar-refractivity contribution in [1.82, 2.24) is 14.8 Å². The molecule has 4 heterocycles. The highest BCUT2D eigenvalue weighted by atomic mass is 19.1. The average Bonchev–Trinajstić information content (AvgIpc) is 3.19. The number of ether oxygens (including phenoxy) is 1. The highest BCUT2D eigenvalue weighted by molar-refractivity contribution is 6.05. The number of esters is 1. The predicted octanol–water partition coefficient (Wildman–Crippen LogP) is 3.78. The summed E-state index contributed by atoms with van der Waals surface area (Å²) in [7, 11) is 1.41. The molecule has 6 rings (SSSR count). The molecule has 1 N–H and O–H groups in total. The van der Waals surface area contributed by atoms with Crippen LogP contribution in [0.2, 0.25) is 0 Å². The second kappa shape index (κ2) is 8.44. The van der Waals surface area contributed by atoms with Crippen LogP contribution in [0.5, 0.6) is 0 Å². The SMILES string of the molecule is COC(=O)c1cccc2c1c(CCN[C@H]1CN3CCC1CC3)cn2-c1ccc(F)cc1. The van der Waals surface area contributed by atoms with Crippen LogP contribution in [0.15, 0.2) is 48.7 Å². The third-order valence-electron chi connectivity index (χ3n) is 6.88. The molecule has 0 radical (unpaired) electrons. The lowest BCUT2D eigenvalue weighted by atomic mass is 9.84. The number of aromatic nitrogens is 1. The normalized spacial score (nSPS) is 22.7. The molecule has 1 aromatic heterocycles. The predicted molar refractivity (Wildman–Crippen MR) is 119 cm³/mol. The van der Waals surface area contributed by atoms with Gasteiger partial charge in [0.15, 0.2) is 0 Å². The third-order valence-corrected chi connectivity index (χ3v) is 6.88. The summed E-state index contributed by atoms with van der Waals surface area (Å²) in [5.74, 6) is 0.169. The molecule has 5 nitrogen and oxygen atoms in total. The van der Waals surface area contributed by atoms with Crippen molar-refractivity contribution in [3.63, 3.8) is 0 Å². The van der Waals surface area contributed by atoms with E-state index in [-0.39, 0.29) is 11.8 Å². The number of fused-ring (bicyclic) bond motifs is 4. The number of piperidine rings is 3. The van der Waals surface area contributed by atoms with E-state index in [0.717, 1.165) is 47.6 Å². The molecule has 3 aliphatic heterocycles. The number of carbonyl (C=O) groups is 1. The van der Waals surface area contributed by atoms with E-state index in [4.69, 9.17) is 4.74 Å². The summed E-state index contributed by atoms with van der Waals surface area (Å²) in [6.07, 6.45) is 5.45. The molecular formula is C25H28FN3O2. The maximum absolute atomic E-state index is 13.5. The van der Waals surface area contributed by atoms with Crippen LogP contribution in [0.4, 0.5) is 4.39 Å². The Bertz CT molecular complexity index is 1080. The lowest BCUT2D eigenvalue weighted by Gasteiger charge is -2.45. The Morgan fingerprint density at radius 3 is 2.61 bits per heavy atom. The fraction of sp³-hybridized carbons (Fsp3) is 0.400. The first-order valence-corrected chi connectivity index (χ1v) is 11.1. The van der Waals surface area contributed by atoms with Crippen LogP contribution in [0, 0.1) is 11.7 Å². The Morgan fingerprint density at radius 1 is 1.16 bits per heavy atom. The quantitative estimate of drug-likeness (QED) is 0.616. The summed E-state index contributed by atoms with van der Waals surface area (Å²) in [6, 6.07) is 12.7.